The summed E-state index contributed by atoms with van der Waals surface area (Å²) >= 11 is 1.43. The van der Waals surface area contributed by atoms with Gasteiger partial charge in [0.25, 0.3) is 0 Å². The predicted octanol–water partition coefficient (Wildman–Crippen LogP) is 4.57. The number of amides is 1. The SMILES string of the molecule is CCN(CC)CCN(C(=O)CCS(=O)(=O)c1ccccc1)c1nc2c(OC)ccc(C)c2s1.Cl. The van der Waals surface area contributed by atoms with Crippen LogP contribution in [0, 0.1) is 6.92 Å². The van der Waals surface area contributed by atoms with Gasteiger partial charge in [-0.15, -0.1) is 12.4 Å². The molecule has 34 heavy (non-hydrogen) atoms. The molecule has 2 aromatic carbocycles. The summed E-state index contributed by atoms with van der Waals surface area (Å²) in [7, 11) is -1.95. The molecule has 0 unspecified atom stereocenters. The summed E-state index contributed by atoms with van der Waals surface area (Å²) in [6, 6.07) is 12.1. The van der Waals surface area contributed by atoms with Crippen LogP contribution in [-0.4, -0.2) is 63.3 Å². The van der Waals surface area contributed by atoms with Gasteiger partial charge >= 0.3 is 0 Å². The van der Waals surface area contributed by atoms with Crippen molar-refractivity contribution in [3.63, 3.8) is 0 Å². The monoisotopic (exact) mass is 525 g/mol. The van der Waals surface area contributed by atoms with Crippen molar-refractivity contribution in [2.75, 3.05) is 43.9 Å². The molecule has 3 aromatic rings. The number of aryl methyl sites for hydroxylation is 1. The van der Waals surface area contributed by atoms with Crippen molar-refractivity contribution in [1.82, 2.24) is 9.88 Å². The van der Waals surface area contributed by atoms with Crippen molar-refractivity contribution in [3.05, 3.63) is 48.0 Å². The van der Waals surface area contributed by atoms with Gasteiger partial charge in [0.05, 0.1) is 22.5 Å². The zero-order chi connectivity index (χ0) is 24.0. The number of hydrogen-bond donors (Lipinski definition) is 0. The minimum absolute atomic E-state index is 0. The maximum atomic E-state index is 13.3. The van der Waals surface area contributed by atoms with Gasteiger partial charge in [-0.1, -0.05) is 49.4 Å². The second-order valence-corrected chi connectivity index (χ2v) is 10.8. The molecule has 0 aliphatic rings. The largest absolute Gasteiger partial charge is 0.494 e. The highest BCUT2D eigenvalue weighted by atomic mass is 35.5. The van der Waals surface area contributed by atoms with Crippen LogP contribution < -0.4 is 9.64 Å². The first kappa shape index (κ1) is 28.0. The second-order valence-electron chi connectivity index (χ2n) is 7.71. The molecule has 0 aliphatic carbocycles. The average Bonchev–Trinajstić information content (AvgIpc) is 3.27. The van der Waals surface area contributed by atoms with Crippen molar-refractivity contribution in [2.45, 2.75) is 32.1 Å². The molecule has 0 fully saturated rings. The first-order valence-electron chi connectivity index (χ1n) is 11.0. The van der Waals surface area contributed by atoms with Gasteiger partial charge in [-0.05, 0) is 43.8 Å². The molecule has 1 aromatic heterocycles. The van der Waals surface area contributed by atoms with Crippen molar-refractivity contribution >= 4 is 54.8 Å². The molecule has 10 heteroatoms. The smallest absolute Gasteiger partial charge is 0.229 e. The van der Waals surface area contributed by atoms with Gasteiger partial charge in [-0.3, -0.25) is 9.69 Å². The van der Waals surface area contributed by atoms with Gasteiger partial charge in [0, 0.05) is 19.5 Å². The molecule has 0 spiro atoms. The number of fused-ring (bicyclic) bond motifs is 1. The van der Waals surface area contributed by atoms with Crippen LogP contribution in [0.2, 0.25) is 0 Å². The number of carbonyl (C=O) groups is 1. The Hall–Kier alpha value is -2.20. The standard InChI is InChI=1S/C24H31N3O4S2.ClH/c1-5-26(6-2)15-16-27(21(28)14-17-33(29,30)19-10-8-7-9-11-19)24-25-22-20(31-4)13-12-18(3)23(22)32-24;/h7-13H,5-6,14-17H2,1-4H3;1H. The molecule has 0 atom stereocenters. The van der Waals surface area contributed by atoms with Crippen molar-refractivity contribution < 1.29 is 17.9 Å². The lowest BCUT2D eigenvalue weighted by Crippen LogP contribution is -2.39. The third-order valence-corrected chi connectivity index (χ3v) is 8.61. The molecular formula is C24H32ClN3O4S2. The molecule has 0 aliphatic heterocycles. The number of aromatic nitrogens is 1. The maximum Gasteiger partial charge on any atom is 0.229 e. The molecule has 0 saturated carbocycles. The van der Waals surface area contributed by atoms with E-state index in [1.54, 1.807) is 42.3 Å². The topological polar surface area (TPSA) is 79.8 Å². The first-order chi connectivity index (χ1) is 15.8. The van der Waals surface area contributed by atoms with E-state index in [9.17, 15) is 13.2 Å². The number of nitrogens with zero attached hydrogens (tertiary/aromatic N) is 3. The predicted molar refractivity (Wildman–Crippen MR) is 141 cm³/mol. The third-order valence-electron chi connectivity index (χ3n) is 5.67. The molecular weight excluding hydrogens is 494 g/mol. The quantitative estimate of drug-likeness (QED) is 0.365. The molecule has 0 bridgehead atoms. The van der Waals surface area contributed by atoms with E-state index in [4.69, 9.17) is 9.72 Å². The maximum absolute atomic E-state index is 13.3. The number of likely N-dealkylation sites (N-methyl/N-ethyl adjacent to an activating group) is 1. The van der Waals surface area contributed by atoms with E-state index >= 15 is 0 Å². The number of methoxy groups -OCH3 is 1. The Morgan fingerprint density at radius 2 is 1.74 bits per heavy atom. The summed E-state index contributed by atoms with van der Waals surface area (Å²) in [5.41, 5.74) is 1.77. The summed E-state index contributed by atoms with van der Waals surface area (Å²) in [6.07, 6.45) is -0.110. The molecule has 0 N–H and O–H groups in total. The van der Waals surface area contributed by atoms with Gasteiger partial charge < -0.3 is 9.64 Å². The number of sulfone groups is 1. The zero-order valence-electron chi connectivity index (χ0n) is 20.0. The Labute approximate surface area is 212 Å². The molecule has 186 valence electrons. The second kappa shape index (κ2) is 12.5. The fourth-order valence-electron chi connectivity index (χ4n) is 3.59. The number of hydrogen-bond acceptors (Lipinski definition) is 7. The summed E-state index contributed by atoms with van der Waals surface area (Å²) < 4.78 is 31.9. The number of halogens is 1. The molecule has 1 amide bonds. The minimum Gasteiger partial charge on any atom is -0.494 e. The first-order valence-corrected chi connectivity index (χ1v) is 13.5. The summed E-state index contributed by atoms with van der Waals surface area (Å²) in [5.74, 6) is 0.156. The van der Waals surface area contributed by atoms with Crippen LogP contribution in [0.1, 0.15) is 25.8 Å². The van der Waals surface area contributed by atoms with E-state index in [2.05, 4.69) is 18.7 Å². The minimum atomic E-state index is -3.55. The lowest BCUT2D eigenvalue weighted by Gasteiger charge is -2.24. The number of anilines is 1. The number of carbonyl (C=O) groups excluding carboxylic acids is 1. The molecule has 3 rings (SSSR count). The van der Waals surface area contributed by atoms with Gasteiger partial charge in [-0.25, -0.2) is 13.4 Å². The lowest BCUT2D eigenvalue weighted by molar-refractivity contribution is -0.118. The van der Waals surface area contributed by atoms with E-state index in [1.165, 1.54) is 11.3 Å². The number of ether oxygens (including phenoxy) is 1. The Balaban J connectivity index is 0.00000408. The van der Waals surface area contributed by atoms with Crippen molar-refractivity contribution in [3.8, 4) is 5.75 Å². The van der Waals surface area contributed by atoms with Crippen LogP contribution in [0.5, 0.6) is 5.75 Å². The van der Waals surface area contributed by atoms with Gasteiger partial charge in [-0.2, -0.15) is 0 Å². The van der Waals surface area contributed by atoms with E-state index in [0.29, 0.717) is 24.0 Å². The third kappa shape index (κ3) is 6.47. The molecule has 0 saturated heterocycles. The zero-order valence-corrected chi connectivity index (χ0v) is 22.4. The van der Waals surface area contributed by atoms with Gasteiger partial charge in [0.1, 0.15) is 11.3 Å². The summed E-state index contributed by atoms with van der Waals surface area (Å²) in [4.78, 5) is 22.1. The van der Waals surface area contributed by atoms with E-state index in [1.807, 2.05) is 19.1 Å². The molecule has 1 heterocycles. The van der Waals surface area contributed by atoms with Crippen LogP contribution in [0.4, 0.5) is 5.13 Å². The summed E-state index contributed by atoms with van der Waals surface area (Å²) in [5, 5.41) is 0.562. The molecule has 7 nitrogen and oxygen atoms in total. The highest BCUT2D eigenvalue weighted by Gasteiger charge is 2.24. The fraction of sp³-hybridized carbons (Fsp3) is 0.417. The highest BCUT2D eigenvalue weighted by Crippen LogP contribution is 2.36. The Kier molecular flexibility index (Phi) is 10.3. The van der Waals surface area contributed by atoms with Crippen molar-refractivity contribution in [2.24, 2.45) is 0 Å². The van der Waals surface area contributed by atoms with Crippen molar-refractivity contribution in [1.29, 1.82) is 0 Å². The lowest BCUT2D eigenvalue weighted by atomic mass is 10.2. The van der Waals surface area contributed by atoms with Crippen LogP contribution in [0.25, 0.3) is 10.2 Å². The van der Waals surface area contributed by atoms with Crippen LogP contribution in [-0.2, 0) is 14.6 Å². The Morgan fingerprint density at radius 3 is 2.35 bits per heavy atom. The van der Waals surface area contributed by atoms with E-state index < -0.39 is 9.84 Å². The number of benzene rings is 2. The fourth-order valence-corrected chi connectivity index (χ4v) is 5.93. The summed E-state index contributed by atoms with van der Waals surface area (Å²) in [6.45, 7) is 9.00. The van der Waals surface area contributed by atoms with E-state index in [-0.39, 0.29) is 35.4 Å². The highest BCUT2D eigenvalue weighted by molar-refractivity contribution is 7.91. The normalized spacial score (nSPS) is 11.4. The number of thiazole rings is 1. The van der Waals surface area contributed by atoms with Gasteiger partial charge in [0.15, 0.2) is 15.0 Å². The van der Waals surface area contributed by atoms with E-state index in [0.717, 1.165) is 28.9 Å². The number of rotatable bonds is 11. The Morgan fingerprint density at radius 1 is 1.06 bits per heavy atom. The van der Waals surface area contributed by atoms with Crippen LogP contribution >= 0.6 is 23.7 Å². The molecule has 0 radical (unpaired) electrons. The average molecular weight is 526 g/mol. The van der Waals surface area contributed by atoms with Crippen LogP contribution in [0.3, 0.4) is 0 Å². The Bertz CT molecular complexity index is 1200. The van der Waals surface area contributed by atoms with Gasteiger partial charge in [0.2, 0.25) is 5.91 Å². The van der Waals surface area contributed by atoms with Crippen LogP contribution in [0.15, 0.2) is 47.4 Å².